The molecule has 2 aromatic carbocycles. The minimum absolute atomic E-state index is 0.0224. The number of halogens is 2. The standard InChI is InChI=1S/C19H20F2N2O2/c20-14-6-7-17(16(21)10-14)23-9-8-15(12-23)22-19(25)11-18(24)13-4-2-1-3-5-13/h1-7,10,15,18,24H,8-9,11-12H2,(H,22,25)/t15-,18-/m0/s1. The molecule has 1 amide bonds. The Bertz CT molecular complexity index is 739. The normalized spacial score (nSPS) is 18.2. The number of hydrogen-bond donors (Lipinski definition) is 2. The highest BCUT2D eigenvalue weighted by molar-refractivity contribution is 5.77. The molecule has 0 radical (unpaired) electrons. The number of aliphatic hydroxyl groups excluding tert-OH is 1. The van der Waals surface area contributed by atoms with Gasteiger partial charge in [-0.3, -0.25) is 4.79 Å². The van der Waals surface area contributed by atoms with Gasteiger partial charge in [-0.1, -0.05) is 30.3 Å². The van der Waals surface area contributed by atoms with E-state index in [-0.39, 0.29) is 18.4 Å². The van der Waals surface area contributed by atoms with Crippen LogP contribution in [0.15, 0.2) is 48.5 Å². The summed E-state index contributed by atoms with van der Waals surface area (Å²) in [6.07, 6.45) is -0.205. The molecule has 6 heteroatoms. The number of carbonyl (C=O) groups is 1. The Balaban J connectivity index is 1.53. The molecular formula is C19H20F2N2O2. The van der Waals surface area contributed by atoms with E-state index in [9.17, 15) is 18.7 Å². The van der Waals surface area contributed by atoms with Crippen molar-refractivity contribution >= 4 is 11.6 Å². The van der Waals surface area contributed by atoms with Crippen molar-refractivity contribution in [2.75, 3.05) is 18.0 Å². The van der Waals surface area contributed by atoms with Crippen molar-refractivity contribution < 1.29 is 18.7 Å². The number of nitrogens with one attached hydrogen (secondary N) is 1. The Morgan fingerprint density at radius 3 is 2.72 bits per heavy atom. The first-order valence-corrected chi connectivity index (χ1v) is 8.25. The molecule has 1 aliphatic rings. The van der Waals surface area contributed by atoms with Gasteiger partial charge in [0.15, 0.2) is 0 Å². The van der Waals surface area contributed by atoms with Gasteiger partial charge >= 0.3 is 0 Å². The highest BCUT2D eigenvalue weighted by atomic mass is 19.1. The average Bonchev–Trinajstić information content (AvgIpc) is 3.03. The van der Waals surface area contributed by atoms with Crippen LogP contribution in [0.25, 0.3) is 0 Å². The van der Waals surface area contributed by atoms with E-state index >= 15 is 0 Å². The second-order valence-corrected chi connectivity index (χ2v) is 6.23. The molecule has 2 atom stereocenters. The molecule has 2 aromatic rings. The van der Waals surface area contributed by atoms with Crippen LogP contribution in [0, 0.1) is 11.6 Å². The number of nitrogens with zero attached hydrogens (tertiary/aromatic N) is 1. The summed E-state index contributed by atoms with van der Waals surface area (Å²) in [6, 6.07) is 12.4. The van der Waals surface area contributed by atoms with Gasteiger partial charge in [0.05, 0.1) is 18.2 Å². The summed E-state index contributed by atoms with van der Waals surface area (Å²) in [6.45, 7) is 1.03. The molecule has 132 valence electrons. The minimum Gasteiger partial charge on any atom is -0.388 e. The third-order valence-corrected chi connectivity index (χ3v) is 4.37. The lowest BCUT2D eigenvalue weighted by Crippen LogP contribution is -2.37. The molecule has 0 unspecified atom stereocenters. The van der Waals surface area contributed by atoms with Crippen LogP contribution in [0.1, 0.15) is 24.5 Å². The summed E-state index contributed by atoms with van der Waals surface area (Å²) >= 11 is 0. The summed E-state index contributed by atoms with van der Waals surface area (Å²) in [5, 5.41) is 13.0. The van der Waals surface area contributed by atoms with Crippen molar-refractivity contribution in [1.82, 2.24) is 5.32 Å². The second kappa shape index (κ2) is 7.61. The van der Waals surface area contributed by atoms with Crippen LogP contribution in [-0.2, 0) is 4.79 Å². The zero-order chi connectivity index (χ0) is 17.8. The van der Waals surface area contributed by atoms with Gasteiger partial charge in [0.1, 0.15) is 11.6 Å². The van der Waals surface area contributed by atoms with E-state index in [1.165, 1.54) is 12.1 Å². The maximum Gasteiger partial charge on any atom is 0.223 e. The molecule has 1 saturated heterocycles. The number of carbonyl (C=O) groups excluding carboxylic acids is 1. The lowest BCUT2D eigenvalue weighted by Gasteiger charge is -2.20. The zero-order valence-corrected chi connectivity index (χ0v) is 13.7. The van der Waals surface area contributed by atoms with Gasteiger partial charge in [-0.15, -0.1) is 0 Å². The lowest BCUT2D eigenvalue weighted by molar-refractivity contribution is -0.123. The quantitative estimate of drug-likeness (QED) is 0.875. The number of aliphatic hydroxyl groups is 1. The Morgan fingerprint density at radius 1 is 1.24 bits per heavy atom. The molecule has 0 bridgehead atoms. The zero-order valence-electron chi connectivity index (χ0n) is 13.7. The second-order valence-electron chi connectivity index (χ2n) is 6.23. The van der Waals surface area contributed by atoms with Gasteiger partial charge in [-0.25, -0.2) is 8.78 Å². The van der Waals surface area contributed by atoms with Crippen LogP contribution < -0.4 is 10.2 Å². The van der Waals surface area contributed by atoms with Gasteiger partial charge in [-0.05, 0) is 24.1 Å². The van der Waals surface area contributed by atoms with E-state index in [1.54, 1.807) is 17.0 Å². The number of hydrogen-bond acceptors (Lipinski definition) is 3. The third kappa shape index (κ3) is 4.33. The Morgan fingerprint density at radius 2 is 2.00 bits per heavy atom. The van der Waals surface area contributed by atoms with E-state index in [0.717, 1.165) is 6.07 Å². The SMILES string of the molecule is O=C(C[C@H](O)c1ccccc1)N[C@H]1CCN(c2ccc(F)cc2F)C1. The van der Waals surface area contributed by atoms with Gasteiger partial charge < -0.3 is 15.3 Å². The molecule has 1 aliphatic heterocycles. The Kier molecular flexibility index (Phi) is 5.28. The summed E-state index contributed by atoms with van der Waals surface area (Å²) in [5.41, 5.74) is 1.03. The fraction of sp³-hybridized carbons (Fsp3) is 0.316. The van der Waals surface area contributed by atoms with Crippen molar-refractivity contribution in [2.45, 2.75) is 25.0 Å². The van der Waals surface area contributed by atoms with Gasteiger partial charge in [-0.2, -0.15) is 0 Å². The summed E-state index contributed by atoms with van der Waals surface area (Å²) < 4.78 is 26.9. The summed E-state index contributed by atoms with van der Waals surface area (Å²) in [7, 11) is 0. The molecule has 3 rings (SSSR count). The Hall–Kier alpha value is -2.47. The molecule has 2 N–H and O–H groups in total. The maximum absolute atomic E-state index is 13.8. The molecule has 0 spiro atoms. The van der Waals surface area contributed by atoms with Gasteiger partial charge in [0.2, 0.25) is 5.91 Å². The Labute approximate surface area is 145 Å². The van der Waals surface area contributed by atoms with Crippen LogP contribution in [0.5, 0.6) is 0 Å². The number of benzene rings is 2. The number of anilines is 1. The summed E-state index contributed by atoms with van der Waals surface area (Å²) in [5.74, 6) is -1.46. The van der Waals surface area contributed by atoms with E-state index in [0.29, 0.717) is 30.8 Å². The average molecular weight is 346 g/mol. The predicted octanol–water partition coefficient (Wildman–Crippen LogP) is 2.78. The smallest absolute Gasteiger partial charge is 0.223 e. The predicted molar refractivity (Wildman–Crippen MR) is 91.1 cm³/mol. The van der Waals surface area contributed by atoms with Crippen LogP contribution >= 0.6 is 0 Å². The van der Waals surface area contributed by atoms with Crippen LogP contribution in [0.2, 0.25) is 0 Å². The molecule has 0 saturated carbocycles. The molecule has 0 aromatic heterocycles. The van der Waals surface area contributed by atoms with E-state index < -0.39 is 17.7 Å². The van der Waals surface area contributed by atoms with Crippen molar-refractivity contribution in [1.29, 1.82) is 0 Å². The van der Waals surface area contributed by atoms with Crippen molar-refractivity contribution in [3.8, 4) is 0 Å². The van der Waals surface area contributed by atoms with E-state index in [4.69, 9.17) is 0 Å². The molecular weight excluding hydrogens is 326 g/mol. The first-order valence-electron chi connectivity index (χ1n) is 8.25. The van der Waals surface area contributed by atoms with E-state index in [2.05, 4.69) is 5.32 Å². The third-order valence-electron chi connectivity index (χ3n) is 4.37. The van der Waals surface area contributed by atoms with E-state index in [1.807, 2.05) is 18.2 Å². The molecule has 4 nitrogen and oxygen atoms in total. The highest BCUT2D eigenvalue weighted by Gasteiger charge is 2.26. The van der Waals surface area contributed by atoms with Crippen LogP contribution in [0.4, 0.5) is 14.5 Å². The van der Waals surface area contributed by atoms with Crippen LogP contribution in [0.3, 0.4) is 0 Å². The van der Waals surface area contributed by atoms with Gasteiger partial charge in [0, 0.05) is 25.2 Å². The summed E-state index contributed by atoms with van der Waals surface area (Å²) in [4.78, 5) is 13.9. The number of rotatable bonds is 5. The highest BCUT2D eigenvalue weighted by Crippen LogP contribution is 2.24. The first kappa shape index (κ1) is 17.4. The monoisotopic (exact) mass is 346 g/mol. The largest absolute Gasteiger partial charge is 0.388 e. The fourth-order valence-electron chi connectivity index (χ4n) is 3.09. The number of amides is 1. The lowest BCUT2D eigenvalue weighted by atomic mass is 10.1. The maximum atomic E-state index is 13.8. The molecule has 1 heterocycles. The minimum atomic E-state index is -0.853. The molecule has 1 fully saturated rings. The van der Waals surface area contributed by atoms with Crippen molar-refractivity contribution in [3.05, 3.63) is 65.7 Å². The van der Waals surface area contributed by atoms with Gasteiger partial charge in [0.25, 0.3) is 0 Å². The van der Waals surface area contributed by atoms with Crippen LogP contribution in [-0.4, -0.2) is 30.1 Å². The topological polar surface area (TPSA) is 52.6 Å². The van der Waals surface area contributed by atoms with Crippen molar-refractivity contribution in [2.24, 2.45) is 0 Å². The first-order chi connectivity index (χ1) is 12.0. The van der Waals surface area contributed by atoms with Crippen molar-refractivity contribution in [3.63, 3.8) is 0 Å². The molecule has 0 aliphatic carbocycles. The molecule has 25 heavy (non-hydrogen) atoms. The fourth-order valence-corrected chi connectivity index (χ4v) is 3.09.